The Labute approximate surface area is 132 Å². The maximum atomic E-state index is 4.66. The molecule has 4 nitrogen and oxygen atoms in total. The van der Waals surface area contributed by atoms with Crippen LogP contribution >= 0.6 is 24.4 Å². The smallest absolute Gasteiger partial charge is 0.415 e. The molecule has 1 aliphatic heterocycles. The van der Waals surface area contributed by atoms with Gasteiger partial charge in [-0.05, 0) is 7.05 Å². The molecule has 1 aliphatic rings. The van der Waals surface area contributed by atoms with Crippen molar-refractivity contribution < 1.29 is 19.5 Å². The second-order valence-electron chi connectivity index (χ2n) is 2.69. The van der Waals surface area contributed by atoms with Crippen molar-refractivity contribution in [3.8, 4) is 0 Å². The van der Waals surface area contributed by atoms with Gasteiger partial charge < -0.3 is 71.4 Å². The first-order valence-electron chi connectivity index (χ1n) is 4.18. The quantitative estimate of drug-likeness (QED) is 0.294. The molecule has 0 amide bonds. The summed E-state index contributed by atoms with van der Waals surface area (Å²) in [5.74, 6) is 0. The van der Waals surface area contributed by atoms with Crippen LogP contribution in [0.1, 0.15) is 0 Å². The van der Waals surface area contributed by atoms with Crippen molar-refractivity contribution in [1.82, 2.24) is 10.2 Å². The van der Waals surface area contributed by atoms with Gasteiger partial charge in [-0.2, -0.15) is 0 Å². The summed E-state index contributed by atoms with van der Waals surface area (Å²) in [6.45, 7) is 4.74. The van der Waals surface area contributed by atoms with Gasteiger partial charge in [0, 0.05) is 26.2 Å². The van der Waals surface area contributed by atoms with Gasteiger partial charge in [-0.25, -0.2) is 0 Å². The van der Waals surface area contributed by atoms with Crippen molar-refractivity contribution in [2.45, 2.75) is 0 Å². The Balaban J connectivity index is -0.000000166. The molecule has 5 N–H and O–H groups in total. The van der Waals surface area contributed by atoms with E-state index in [1.165, 1.54) is 13.1 Å². The topological polar surface area (TPSA) is 67.3 Å². The summed E-state index contributed by atoms with van der Waals surface area (Å²) in [5, 5.41) is 3.27. The number of rotatable bonds is 0. The van der Waals surface area contributed by atoms with Crippen LogP contribution in [0.5, 0.6) is 0 Å². The van der Waals surface area contributed by atoms with Crippen LogP contribution in [-0.2, 0) is 44.7 Å². The zero-order valence-electron chi connectivity index (χ0n) is 9.27. The molecule has 9 heteroatoms. The molecule has 0 saturated carbocycles. The average molecular weight is 350 g/mol. The van der Waals surface area contributed by atoms with Crippen molar-refractivity contribution in [3.05, 3.63) is 0 Å². The van der Waals surface area contributed by atoms with Crippen LogP contribution in [0, 0.1) is 0 Å². The molecule has 0 bridgehead atoms. The molecule has 0 spiro atoms. The van der Waals surface area contributed by atoms with Gasteiger partial charge in [0.25, 0.3) is 0 Å². The van der Waals surface area contributed by atoms with E-state index in [0.717, 1.165) is 13.1 Å². The molecule has 0 aromatic rings. The SMILES string of the molecule is CN1CCNCC1.NC(=S)[S-].NC(=S)[S-].[Zn+2]. The fourth-order valence-electron chi connectivity index (χ4n) is 0.777. The van der Waals surface area contributed by atoms with Crippen LogP contribution in [0.4, 0.5) is 0 Å². The first-order valence-corrected chi connectivity index (χ1v) is 5.81. The van der Waals surface area contributed by atoms with Crippen LogP contribution in [0.15, 0.2) is 0 Å². The Morgan fingerprint density at radius 2 is 1.38 bits per heavy atom. The average Bonchev–Trinajstić information content (AvgIpc) is 2.03. The Morgan fingerprint density at radius 1 is 1.12 bits per heavy atom. The molecule has 0 unspecified atom stereocenters. The molecule has 0 radical (unpaired) electrons. The Kier molecular flexibility index (Phi) is 21.7. The van der Waals surface area contributed by atoms with Crippen molar-refractivity contribution >= 4 is 58.3 Å². The summed E-state index contributed by atoms with van der Waals surface area (Å²) in [6.07, 6.45) is 0. The van der Waals surface area contributed by atoms with Crippen LogP contribution in [0.2, 0.25) is 0 Å². The molecule has 0 aromatic carbocycles. The third-order valence-electron chi connectivity index (χ3n) is 1.34. The second kappa shape index (κ2) is 15.8. The summed E-state index contributed by atoms with van der Waals surface area (Å²) < 4.78 is 0.167. The normalized spacial score (nSPS) is 14.1. The summed E-state index contributed by atoms with van der Waals surface area (Å²) in [7, 11) is 2.15. The van der Waals surface area contributed by atoms with E-state index >= 15 is 0 Å². The van der Waals surface area contributed by atoms with E-state index in [0.29, 0.717) is 0 Å². The van der Waals surface area contributed by atoms with Crippen LogP contribution in [0.25, 0.3) is 0 Å². The van der Waals surface area contributed by atoms with E-state index in [-0.39, 0.29) is 28.1 Å². The zero-order chi connectivity index (χ0) is 12.3. The van der Waals surface area contributed by atoms with Gasteiger partial charge in [-0.1, -0.05) is 8.64 Å². The Bertz CT molecular complexity index is 167. The molecule has 1 fully saturated rings. The summed E-state index contributed by atoms with van der Waals surface area (Å²) in [6, 6.07) is 0. The third-order valence-corrected chi connectivity index (χ3v) is 1.34. The fourth-order valence-corrected chi connectivity index (χ4v) is 0.777. The number of nitrogens with two attached hydrogens (primary N) is 2. The summed E-state index contributed by atoms with van der Waals surface area (Å²) in [5.41, 5.74) is 9.31. The predicted octanol–water partition coefficient (Wildman–Crippen LogP) is -0.927. The molecule has 0 atom stereocenters. The van der Waals surface area contributed by atoms with E-state index < -0.39 is 0 Å². The van der Waals surface area contributed by atoms with Crippen LogP contribution < -0.4 is 16.8 Å². The van der Waals surface area contributed by atoms with Gasteiger partial charge in [0.05, 0.1) is 0 Å². The van der Waals surface area contributed by atoms with E-state index in [9.17, 15) is 0 Å². The van der Waals surface area contributed by atoms with Gasteiger partial charge in [0.15, 0.2) is 0 Å². The largest absolute Gasteiger partial charge is 2.00 e. The summed E-state index contributed by atoms with van der Waals surface area (Å²) >= 11 is 16.5. The van der Waals surface area contributed by atoms with Crippen molar-refractivity contribution in [2.75, 3.05) is 33.2 Å². The van der Waals surface area contributed by atoms with Gasteiger partial charge in [-0.3, -0.25) is 0 Å². The van der Waals surface area contributed by atoms with E-state index in [1.54, 1.807) is 0 Å². The maximum Gasteiger partial charge on any atom is 2.00 e. The molecule has 1 saturated heterocycles. The molecule has 1 rings (SSSR count). The molecule has 16 heavy (non-hydrogen) atoms. The predicted molar refractivity (Wildman–Crippen MR) is 78.7 cm³/mol. The molecule has 1 heterocycles. The number of nitrogens with one attached hydrogen (secondary N) is 1. The number of nitrogens with zero attached hydrogens (tertiary/aromatic N) is 1. The minimum absolute atomic E-state index is 0. The van der Waals surface area contributed by atoms with Gasteiger partial charge in [0.1, 0.15) is 0 Å². The molecule has 0 aromatic heterocycles. The minimum atomic E-state index is 0. The minimum Gasteiger partial charge on any atom is -0.415 e. The number of thiocarbonyl (C=S) groups is 2. The van der Waals surface area contributed by atoms with E-state index in [1.807, 2.05) is 0 Å². The zero-order valence-corrected chi connectivity index (χ0v) is 15.5. The standard InChI is InChI=1S/C5H12N2.2CH3NS2.Zn/c1-7-4-2-6-3-5-7;2*2-1(3)4;/h6H,2-5H2,1H3;2*(H3,2,3,4);/q;;;+2/p-2. The van der Waals surface area contributed by atoms with Gasteiger partial charge in [0.2, 0.25) is 0 Å². The number of hydrogen-bond donors (Lipinski definition) is 3. The van der Waals surface area contributed by atoms with Crippen LogP contribution in [0.3, 0.4) is 0 Å². The Hall–Kier alpha value is 0.763. The first kappa shape index (κ1) is 22.0. The number of likely N-dealkylation sites (N-methyl/N-ethyl adjacent to an activating group) is 1. The maximum absolute atomic E-state index is 4.66. The molecular formula is C7H16N4S4Zn. The molecule has 90 valence electrons. The number of hydrogen-bond acceptors (Lipinski definition) is 6. The fraction of sp³-hybridized carbons (Fsp3) is 0.714. The first-order chi connectivity index (χ1) is 6.86. The molecular weight excluding hydrogens is 334 g/mol. The Morgan fingerprint density at radius 3 is 1.50 bits per heavy atom. The second-order valence-corrected chi connectivity index (χ2v) is 4.97. The monoisotopic (exact) mass is 348 g/mol. The van der Waals surface area contributed by atoms with Crippen molar-refractivity contribution in [2.24, 2.45) is 11.5 Å². The van der Waals surface area contributed by atoms with Crippen molar-refractivity contribution in [3.63, 3.8) is 0 Å². The molecule has 0 aliphatic carbocycles. The van der Waals surface area contributed by atoms with E-state index in [4.69, 9.17) is 0 Å². The van der Waals surface area contributed by atoms with Crippen molar-refractivity contribution in [1.29, 1.82) is 0 Å². The van der Waals surface area contributed by atoms with Gasteiger partial charge in [-0.15, -0.1) is 0 Å². The van der Waals surface area contributed by atoms with Crippen LogP contribution in [-0.4, -0.2) is 46.8 Å². The number of piperazine rings is 1. The van der Waals surface area contributed by atoms with Gasteiger partial charge >= 0.3 is 19.5 Å². The summed E-state index contributed by atoms with van der Waals surface area (Å²) in [4.78, 5) is 2.33. The van der Waals surface area contributed by atoms with E-state index in [2.05, 4.69) is 78.4 Å². The third kappa shape index (κ3) is 36.4.